The number of nitrogens with one attached hydrogen (secondary N) is 2. The smallest absolute Gasteiger partial charge is 0.330 e. The van der Waals surface area contributed by atoms with Gasteiger partial charge in [-0.25, -0.2) is 4.79 Å². The number of piperidine rings is 1. The van der Waals surface area contributed by atoms with Crippen molar-refractivity contribution in [2.45, 2.75) is 25.8 Å². The van der Waals surface area contributed by atoms with Crippen LogP contribution in [0.4, 0.5) is 0 Å². The van der Waals surface area contributed by atoms with Crippen molar-refractivity contribution >= 4 is 11.9 Å². The Morgan fingerprint density at radius 3 is 2.83 bits per heavy atom. The zero-order chi connectivity index (χ0) is 13.4. The molecule has 2 unspecified atom stereocenters. The molecule has 18 heavy (non-hydrogen) atoms. The first-order valence-corrected chi connectivity index (χ1v) is 6.27. The van der Waals surface area contributed by atoms with Gasteiger partial charge < -0.3 is 20.1 Å². The molecule has 2 atom stereocenters. The molecule has 0 aromatic rings. The van der Waals surface area contributed by atoms with Crippen LogP contribution in [0.5, 0.6) is 0 Å². The summed E-state index contributed by atoms with van der Waals surface area (Å²) in [7, 11) is 1.29. The van der Waals surface area contributed by atoms with E-state index in [-0.39, 0.29) is 12.5 Å². The number of esters is 1. The van der Waals surface area contributed by atoms with E-state index in [0.717, 1.165) is 25.9 Å². The van der Waals surface area contributed by atoms with Crippen molar-refractivity contribution in [3.05, 3.63) is 0 Å². The minimum Gasteiger partial charge on any atom is -0.467 e. The van der Waals surface area contributed by atoms with Gasteiger partial charge in [0, 0.05) is 13.5 Å². The minimum atomic E-state index is -0.718. The van der Waals surface area contributed by atoms with E-state index in [9.17, 15) is 9.59 Å². The third kappa shape index (κ3) is 5.46. The molecule has 1 rings (SSSR count). The molecule has 0 saturated carbocycles. The normalized spacial score (nSPS) is 21.1. The van der Waals surface area contributed by atoms with Crippen LogP contribution in [-0.2, 0) is 19.1 Å². The van der Waals surface area contributed by atoms with E-state index in [4.69, 9.17) is 4.74 Å². The monoisotopic (exact) mass is 258 g/mol. The molecule has 2 N–H and O–H groups in total. The second-order valence-electron chi connectivity index (χ2n) is 4.53. The van der Waals surface area contributed by atoms with Crippen LogP contribution in [0.3, 0.4) is 0 Å². The molecule has 6 heteroatoms. The van der Waals surface area contributed by atoms with Gasteiger partial charge >= 0.3 is 5.97 Å². The highest BCUT2D eigenvalue weighted by Crippen LogP contribution is 2.10. The topological polar surface area (TPSA) is 76.7 Å². The molecule has 0 aliphatic carbocycles. The highest BCUT2D eigenvalue weighted by atomic mass is 16.5. The van der Waals surface area contributed by atoms with E-state index in [1.807, 2.05) is 0 Å². The molecular formula is C12H22N2O4. The van der Waals surface area contributed by atoms with Gasteiger partial charge in [0.1, 0.15) is 0 Å². The SMILES string of the molecule is COC(=O)C(COCC1CCCNC1)NC(C)=O. The van der Waals surface area contributed by atoms with Crippen molar-refractivity contribution in [2.24, 2.45) is 5.92 Å². The van der Waals surface area contributed by atoms with Gasteiger partial charge in [0.25, 0.3) is 0 Å². The van der Waals surface area contributed by atoms with Crippen LogP contribution in [-0.4, -0.2) is 51.3 Å². The maximum atomic E-state index is 11.4. The quantitative estimate of drug-likeness (QED) is 0.639. The van der Waals surface area contributed by atoms with Gasteiger partial charge in [0.15, 0.2) is 6.04 Å². The third-order valence-corrected chi connectivity index (χ3v) is 2.90. The third-order valence-electron chi connectivity index (χ3n) is 2.90. The number of rotatable bonds is 6. The van der Waals surface area contributed by atoms with Gasteiger partial charge in [-0.1, -0.05) is 0 Å². The summed E-state index contributed by atoms with van der Waals surface area (Å²) >= 11 is 0. The molecule has 1 amide bonds. The first kappa shape index (κ1) is 14.9. The fraction of sp³-hybridized carbons (Fsp3) is 0.833. The molecular weight excluding hydrogens is 236 g/mol. The summed E-state index contributed by atoms with van der Waals surface area (Å²) in [5.41, 5.74) is 0. The van der Waals surface area contributed by atoms with E-state index in [1.54, 1.807) is 0 Å². The number of hydrogen-bond donors (Lipinski definition) is 2. The van der Waals surface area contributed by atoms with Crippen LogP contribution in [0, 0.1) is 5.92 Å². The Hall–Kier alpha value is -1.14. The van der Waals surface area contributed by atoms with E-state index in [1.165, 1.54) is 14.0 Å². The molecule has 1 fully saturated rings. The Kier molecular flexibility index (Phi) is 6.67. The molecule has 1 aliphatic rings. The van der Waals surface area contributed by atoms with Gasteiger partial charge in [0.2, 0.25) is 5.91 Å². The van der Waals surface area contributed by atoms with E-state index in [0.29, 0.717) is 12.5 Å². The molecule has 1 heterocycles. The van der Waals surface area contributed by atoms with Crippen LogP contribution in [0.1, 0.15) is 19.8 Å². The zero-order valence-corrected chi connectivity index (χ0v) is 11.0. The van der Waals surface area contributed by atoms with Crippen LogP contribution < -0.4 is 10.6 Å². The fourth-order valence-corrected chi connectivity index (χ4v) is 1.98. The number of ether oxygens (including phenoxy) is 2. The predicted molar refractivity (Wildman–Crippen MR) is 66.0 cm³/mol. The number of hydrogen-bond acceptors (Lipinski definition) is 5. The van der Waals surface area contributed by atoms with E-state index < -0.39 is 12.0 Å². The second-order valence-corrected chi connectivity index (χ2v) is 4.53. The zero-order valence-electron chi connectivity index (χ0n) is 11.0. The summed E-state index contributed by atoms with van der Waals surface area (Å²) < 4.78 is 10.1. The highest BCUT2D eigenvalue weighted by molar-refractivity contribution is 5.83. The lowest BCUT2D eigenvalue weighted by molar-refractivity contribution is -0.146. The van der Waals surface area contributed by atoms with Gasteiger partial charge in [-0.15, -0.1) is 0 Å². The second kappa shape index (κ2) is 8.05. The molecule has 0 bridgehead atoms. The van der Waals surface area contributed by atoms with Crippen LogP contribution in [0.15, 0.2) is 0 Å². The molecule has 104 valence electrons. The number of carbonyl (C=O) groups is 2. The molecule has 0 radical (unpaired) electrons. The van der Waals surface area contributed by atoms with E-state index >= 15 is 0 Å². The Labute approximate surface area is 107 Å². The van der Waals surface area contributed by atoms with Crippen molar-refractivity contribution in [3.8, 4) is 0 Å². The molecule has 6 nitrogen and oxygen atoms in total. The molecule has 0 aromatic heterocycles. The summed E-state index contributed by atoms with van der Waals surface area (Å²) in [5.74, 6) is -0.269. The minimum absolute atomic E-state index is 0.156. The first-order chi connectivity index (χ1) is 8.63. The first-order valence-electron chi connectivity index (χ1n) is 6.27. The average Bonchev–Trinajstić information content (AvgIpc) is 2.37. The van der Waals surface area contributed by atoms with Gasteiger partial charge in [0.05, 0.1) is 20.3 Å². The van der Waals surface area contributed by atoms with Crippen molar-refractivity contribution in [3.63, 3.8) is 0 Å². The summed E-state index contributed by atoms with van der Waals surface area (Å²) in [4.78, 5) is 22.4. The van der Waals surface area contributed by atoms with Crippen LogP contribution >= 0.6 is 0 Å². The van der Waals surface area contributed by atoms with Crippen molar-refractivity contribution in [2.75, 3.05) is 33.4 Å². The summed E-state index contributed by atoms with van der Waals surface area (Å²) in [6, 6.07) is -0.718. The van der Waals surface area contributed by atoms with Gasteiger partial charge in [-0.3, -0.25) is 4.79 Å². The highest BCUT2D eigenvalue weighted by Gasteiger charge is 2.21. The van der Waals surface area contributed by atoms with Crippen LogP contribution in [0.25, 0.3) is 0 Å². The van der Waals surface area contributed by atoms with Gasteiger partial charge in [-0.2, -0.15) is 0 Å². The molecule has 1 aliphatic heterocycles. The van der Waals surface area contributed by atoms with Gasteiger partial charge in [-0.05, 0) is 25.3 Å². The van der Waals surface area contributed by atoms with Crippen molar-refractivity contribution < 1.29 is 19.1 Å². The fourth-order valence-electron chi connectivity index (χ4n) is 1.98. The average molecular weight is 258 g/mol. The predicted octanol–water partition coefficient (Wildman–Crippen LogP) is -0.320. The Balaban J connectivity index is 2.27. The maximum absolute atomic E-state index is 11.4. The number of carbonyl (C=O) groups excluding carboxylic acids is 2. The number of methoxy groups -OCH3 is 1. The molecule has 0 aromatic carbocycles. The Morgan fingerprint density at radius 1 is 1.50 bits per heavy atom. The van der Waals surface area contributed by atoms with E-state index in [2.05, 4.69) is 15.4 Å². The lowest BCUT2D eigenvalue weighted by atomic mass is 10.0. The number of amides is 1. The summed E-state index contributed by atoms with van der Waals surface area (Å²) in [6.45, 7) is 4.13. The lowest BCUT2D eigenvalue weighted by Crippen LogP contribution is -2.44. The molecule has 0 spiro atoms. The van der Waals surface area contributed by atoms with Crippen molar-refractivity contribution in [1.29, 1.82) is 0 Å². The Bertz CT molecular complexity index is 277. The van der Waals surface area contributed by atoms with Crippen LogP contribution in [0.2, 0.25) is 0 Å². The summed E-state index contributed by atoms with van der Waals surface area (Å²) in [5, 5.41) is 5.81. The Morgan fingerprint density at radius 2 is 2.28 bits per heavy atom. The lowest BCUT2D eigenvalue weighted by Gasteiger charge is -2.23. The maximum Gasteiger partial charge on any atom is 0.330 e. The molecule has 1 saturated heterocycles. The van der Waals surface area contributed by atoms with Crippen molar-refractivity contribution in [1.82, 2.24) is 10.6 Å². The standard InChI is InChI=1S/C12H22N2O4/c1-9(15)14-11(12(16)17-2)8-18-7-10-4-3-5-13-6-10/h10-11,13H,3-8H2,1-2H3,(H,14,15). The summed E-state index contributed by atoms with van der Waals surface area (Å²) in [6.07, 6.45) is 2.29. The largest absolute Gasteiger partial charge is 0.467 e.